The van der Waals surface area contributed by atoms with Gasteiger partial charge in [-0.2, -0.15) is 4.31 Å². The quantitative estimate of drug-likeness (QED) is 0.541. The van der Waals surface area contributed by atoms with Crippen LogP contribution in [0.3, 0.4) is 0 Å². The number of aromatic nitrogens is 3. The third-order valence-electron chi connectivity index (χ3n) is 7.18. The number of hydrogen-bond donors (Lipinski definition) is 0. The van der Waals surface area contributed by atoms with E-state index in [9.17, 15) is 8.42 Å². The second-order valence-electron chi connectivity index (χ2n) is 9.34. The van der Waals surface area contributed by atoms with Crippen molar-refractivity contribution in [2.75, 3.05) is 18.0 Å². The number of hydrogen-bond acceptors (Lipinski definition) is 5. The van der Waals surface area contributed by atoms with E-state index >= 15 is 4.39 Å². The van der Waals surface area contributed by atoms with Gasteiger partial charge >= 0.3 is 0 Å². The molecule has 7 nitrogen and oxygen atoms in total. The van der Waals surface area contributed by atoms with Crippen molar-refractivity contribution in [3.8, 4) is 0 Å². The lowest BCUT2D eigenvalue weighted by atomic mass is 10.0. The zero-order chi connectivity index (χ0) is 23.7. The average Bonchev–Trinajstić information content (AvgIpc) is 3.38. The first-order valence-corrected chi connectivity index (χ1v) is 13.4. The smallest absolute Gasteiger partial charge is 0.221 e. The van der Waals surface area contributed by atoms with Gasteiger partial charge in [-0.15, -0.1) is 10.2 Å². The van der Waals surface area contributed by atoms with Crippen LogP contribution in [-0.4, -0.2) is 46.6 Å². The molecule has 0 unspecified atom stereocenters. The SMILES string of the molecule is C[C@H]1CC[C@H](c2ccccc2)S(=O)(=O)N1Cc1ccc(N2CCC[C@H](n3cnnc3)C2)cc1F. The fourth-order valence-electron chi connectivity index (χ4n) is 5.21. The van der Waals surface area contributed by atoms with Crippen molar-refractivity contribution < 1.29 is 12.8 Å². The molecule has 0 bridgehead atoms. The molecule has 34 heavy (non-hydrogen) atoms. The van der Waals surface area contributed by atoms with Gasteiger partial charge in [-0.25, -0.2) is 12.8 Å². The summed E-state index contributed by atoms with van der Waals surface area (Å²) in [5, 5.41) is 7.21. The molecule has 2 fully saturated rings. The lowest BCUT2D eigenvalue weighted by Crippen LogP contribution is -2.44. The van der Waals surface area contributed by atoms with E-state index in [1.54, 1.807) is 24.8 Å². The second kappa shape index (κ2) is 9.46. The van der Waals surface area contributed by atoms with E-state index in [2.05, 4.69) is 15.1 Å². The molecule has 9 heteroatoms. The largest absolute Gasteiger partial charge is 0.369 e. The molecule has 3 heterocycles. The van der Waals surface area contributed by atoms with Crippen LogP contribution in [-0.2, 0) is 16.6 Å². The number of nitrogens with zero attached hydrogens (tertiary/aromatic N) is 5. The number of halogens is 1. The minimum atomic E-state index is -3.60. The van der Waals surface area contributed by atoms with Crippen LogP contribution in [0.25, 0.3) is 0 Å². The van der Waals surface area contributed by atoms with Gasteiger partial charge in [0.05, 0.1) is 6.04 Å². The third kappa shape index (κ3) is 4.46. The molecule has 0 saturated carbocycles. The minimum Gasteiger partial charge on any atom is -0.369 e. The highest BCUT2D eigenvalue weighted by Crippen LogP contribution is 2.38. The van der Waals surface area contributed by atoms with Crippen molar-refractivity contribution in [1.82, 2.24) is 19.1 Å². The van der Waals surface area contributed by atoms with Crippen LogP contribution in [0, 0.1) is 5.82 Å². The van der Waals surface area contributed by atoms with Crippen molar-refractivity contribution >= 4 is 15.7 Å². The number of benzene rings is 2. The van der Waals surface area contributed by atoms with E-state index in [1.165, 1.54) is 4.31 Å². The number of sulfonamides is 1. The Morgan fingerprint density at radius 1 is 1.03 bits per heavy atom. The van der Waals surface area contributed by atoms with Gasteiger partial charge in [0.25, 0.3) is 0 Å². The summed E-state index contributed by atoms with van der Waals surface area (Å²) in [5.41, 5.74) is 2.01. The normalized spacial score (nSPS) is 25.4. The molecule has 180 valence electrons. The fraction of sp³-hybridized carbons (Fsp3) is 0.440. The lowest BCUT2D eigenvalue weighted by molar-refractivity contribution is 0.279. The number of anilines is 1. The van der Waals surface area contributed by atoms with Gasteiger partial charge in [-0.05, 0) is 50.3 Å². The van der Waals surface area contributed by atoms with E-state index in [0.29, 0.717) is 12.0 Å². The van der Waals surface area contributed by atoms with Crippen LogP contribution in [0.2, 0.25) is 0 Å². The van der Waals surface area contributed by atoms with Crippen LogP contribution < -0.4 is 4.90 Å². The van der Waals surface area contributed by atoms with Crippen molar-refractivity contribution in [2.45, 2.75) is 56.5 Å². The Balaban J connectivity index is 1.34. The maximum Gasteiger partial charge on any atom is 0.221 e. The number of rotatable bonds is 5. The molecular weight excluding hydrogens is 453 g/mol. The summed E-state index contributed by atoms with van der Waals surface area (Å²) >= 11 is 0. The maximum atomic E-state index is 15.3. The zero-order valence-electron chi connectivity index (χ0n) is 19.3. The van der Waals surface area contributed by atoms with E-state index in [-0.39, 0.29) is 24.4 Å². The molecule has 1 aromatic heterocycles. The molecule has 2 aliphatic rings. The van der Waals surface area contributed by atoms with E-state index in [4.69, 9.17) is 0 Å². The molecule has 0 aliphatic carbocycles. The molecule has 2 aromatic carbocycles. The fourth-order valence-corrected chi connectivity index (χ4v) is 7.40. The lowest BCUT2D eigenvalue weighted by Gasteiger charge is -2.38. The molecule has 2 saturated heterocycles. The highest BCUT2D eigenvalue weighted by atomic mass is 32.2. The maximum absolute atomic E-state index is 15.3. The van der Waals surface area contributed by atoms with Crippen LogP contribution >= 0.6 is 0 Å². The number of piperidine rings is 1. The van der Waals surface area contributed by atoms with Crippen molar-refractivity contribution in [3.63, 3.8) is 0 Å². The molecular formula is C25H30FN5O2S. The minimum absolute atomic E-state index is 0.0439. The standard InChI is InChI=1S/C25H30FN5O2S/c1-19-9-12-25(20-6-3-2-4-7-20)34(32,33)31(19)15-21-10-11-22(14-24(21)26)29-13-5-8-23(16-29)30-17-27-28-18-30/h2-4,6-7,10-11,14,17-19,23,25H,5,8-9,12-13,15-16H2,1H3/t19-,23-,25+/m0/s1. The van der Waals surface area contributed by atoms with Gasteiger partial charge in [-0.3, -0.25) is 0 Å². The zero-order valence-corrected chi connectivity index (χ0v) is 20.1. The second-order valence-corrected chi connectivity index (χ2v) is 11.4. The Morgan fingerprint density at radius 2 is 1.79 bits per heavy atom. The van der Waals surface area contributed by atoms with Gasteiger partial charge in [0.1, 0.15) is 23.7 Å². The van der Waals surface area contributed by atoms with E-state index in [1.807, 2.05) is 47.9 Å². The highest BCUT2D eigenvalue weighted by Gasteiger charge is 2.40. The van der Waals surface area contributed by atoms with E-state index in [0.717, 1.165) is 43.6 Å². The third-order valence-corrected chi connectivity index (χ3v) is 9.55. The Labute approximate surface area is 200 Å². The first-order valence-electron chi connectivity index (χ1n) is 11.9. The molecule has 3 aromatic rings. The monoisotopic (exact) mass is 483 g/mol. The van der Waals surface area contributed by atoms with E-state index < -0.39 is 15.3 Å². The summed E-state index contributed by atoms with van der Waals surface area (Å²) in [6.45, 7) is 3.56. The summed E-state index contributed by atoms with van der Waals surface area (Å²) in [5.74, 6) is -0.367. The Kier molecular flexibility index (Phi) is 6.40. The van der Waals surface area contributed by atoms with Gasteiger partial charge in [0.2, 0.25) is 10.0 Å². The molecule has 5 rings (SSSR count). The molecule has 0 N–H and O–H groups in total. The molecule has 0 radical (unpaired) electrons. The molecule has 0 spiro atoms. The summed E-state index contributed by atoms with van der Waals surface area (Å²) in [4.78, 5) is 2.17. The van der Waals surface area contributed by atoms with Crippen LogP contribution in [0.4, 0.5) is 10.1 Å². The van der Waals surface area contributed by atoms with Gasteiger partial charge in [0, 0.05) is 36.9 Å². The Hall–Kier alpha value is -2.78. The summed E-state index contributed by atoms with van der Waals surface area (Å²) in [7, 11) is -3.60. The van der Waals surface area contributed by atoms with Crippen molar-refractivity contribution in [2.24, 2.45) is 0 Å². The average molecular weight is 484 g/mol. The Morgan fingerprint density at radius 3 is 2.53 bits per heavy atom. The highest BCUT2D eigenvalue weighted by molar-refractivity contribution is 7.89. The van der Waals surface area contributed by atoms with Crippen molar-refractivity contribution in [1.29, 1.82) is 0 Å². The Bertz CT molecular complexity index is 1220. The van der Waals surface area contributed by atoms with Crippen LogP contribution in [0.5, 0.6) is 0 Å². The predicted molar refractivity (Wildman–Crippen MR) is 129 cm³/mol. The summed E-state index contributed by atoms with van der Waals surface area (Å²) < 4.78 is 45.7. The predicted octanol–water partition coefficient (Wildman–Crippen LogP) is 4.31. The molecule has 2 aliphatic heterocycles. The van der Waals surface area contributed by atoms with Gasteiger partial charge in [0.15, 0.2) is 0 Å². The first-order chi connectivity index (χ1) is 16.4. The molecule has 0 amide bonds. The van der Waals surface area contributed by atoms with Crippen LogP contribution in [0.15, 0.2) is 61.2 Å². The summed E-state index contributed by atoms with van der Waals surface area (Å²) in [6.07, 6.45) is 6.80. The molecule has 3 atom stereocenters. The summed E-state index contributed by atoms with van der Waals surface area (Å²) in [6, 6.07) is 14.6. The van der Waals surface area contributed by atoms with Crippen molar-refractivity contribution in [3.05, 3.63) is 78.1 Å². The van der Waals surface area contributed by atoms with Gasteiger partial charge < -0.3 is 9.47 Å². The van der Waals surface area contributed by atoms with Crippen LogP contribution in [0.1, 0.15) is 55.0 Å². The van der Waals surface area contributed by atoms with Gasteiger partial charge in [-0.1, -0.05) is 36.4 Å². The first kappa shape index (κ1) is 23.0. The topological polar surface area (TPSA) is 71.3 Å².